The topological polar surface area (TPSA) is 42.4 Å². The van der Waals surface area contributed by atoms with Crippen LogP contribution in [0.5, 0.6) is 5.75 Å². The van der Waals surface area contributed by atoms with Crippen molar-refractivity contribution >= 4 is 27.7 Å². The third-order valence-electron chi connectivity index (χ3n) is 2.44. The quantitative estimate of drug-likeness (QED) is 0.782. The van der Waals surface area contributed by atoms with Crippen LogP contribution in [0.25, 0.3) is 0 Å². The molecule has 0 amide bonds. The van der Waals surface area contributed by atoms with E-state index in [1.54, 1.807) is 12.3 Å². The fourth-order valence-corrected chi connectivity index (χ4v) is 2.68. The van der Waals surface area contributed by atoms with Crippen molar-refractivity contribution in [2.24, 2.45) is 0 Å². The van der Waals surface area contributed by atoms with E-state index < -0.39 is 23.5 Å². The lowest BCUT2D eigenvalue weighted by atomic mass is 10.3. The summed E-state index contributed by atoms with van der Waals surface area (Å²) in [7, 11) is 0. The molecule has 0 aliphatic heterocycles. The van der Waals surface area contributed by atoms with Crippen LogP contribution in [0.15, 0.2) is 46.0 Å². The highest BCUT2D eigenvalue weighted by atomic mass is 79.9. The lowest BCUT2D eigenvalue weighted by molar-refractivity contribution is 0.120. The Morgan fingerprint density at radius 1 is 1.29 bits per heavy atom. The molecule has 1 aromatic heterocycles. The summed E-state index contributed by atoms with van der Waals surface area (Å²) >= 11 is 4.32. The molecule has 1 atom stereocenters. The van der Waals surface area contributed by atoms with Gasteiger partial charge in [0, 0.05) is 16.4 Å². The first-order valence-electron chi connectivity index (χ1n) is 6.05. The van der Waals surface area contributed by atoms with Crippen molar-refractivity contribution in [1.82, 2.24) is 4.98 Å². The molecule has 0 fully saturated rings. The summed E-state index contributed by atoms with van der Waals surface area (Å²) < 4.78 is 32.3. The number of halogens is 3. The van der Waals surface area contributed by atoms with Crippen molar-refractivity contribution in [2.75, 3.05) is 12.4 Å². The van der Waals surface area contributed by atoms with Crippen LogP contribution in [0.3, 0.4) is 0 Å². The number of rotatable bonds is 6. The maximum atomic E-state index is 13.5. The lowest BCUT2D eigenvalue weighted by Crippen LogP contribution is -2.21. The van der Waals surface area contributed by atoms with Gasteiger partial charge in [-0.2, -0.15) is 0 Å². The van der Waals surface area contributed by atoms with Crippen LogP contribution in [0.2, 0.25) is 0 Å². The minimum absolute atomic E-state index is 0.199. The van der Waals surface area contributed by atoms with Crippen molar-refractivity contribution in [3.63, 3.8) is 0 Å². The van der Waals surface area contributed by atoms with Crippen LogP contribution < -0.4 is 4.74 Å². The van der Waals surface area contributed by atoms with Gasteiger partial charge in [-0.15, -0.1) is 11.8 Å². The van der Waals surface area contributed by atoms with E-state index in [1.807, 2.05) is 12.1 Å². The highest BCUT2D eigenvalue weighted by Crippen LogP contribution is 2.26. The second-order valence-corrected chi connectivity index (χ2v) is 6.10. The summed E-state index contributed by atoms with van der Waals surface area (Å²) in [5, 5.41) is 10.5. The third-order valence-corrected chi connectivity index (χ3v) is 3.99. The predicted octanol–water partition coefficient (Wildman–Crippen LogP) is 3.65. The molecule has 0 saturated heterocycles. The van der Waals surface area contributed by atoms with Crippen molar-refractivity contribution in [2.45, 2.75) is 11.1 Å². The number of nitrogens with zero attached hydrogens (tertiary/aromatic N) is 1. The number of pyridine rings is 1. The van der Waals surface area contributed by atoms with Gasteiger partial charge in [0.2, 0.25) is 0 Å². The van der Waals surface area contributed by atoms with Crippen LogP contribution in [0.4, 0.5) is 8.78 Å². The smallest absolute Gasteiger partial charge is 0.190 e. The van der Waals surface area contributed by atoms with Gasteiger partial charge in [0.25, 0.3) is 0 Å². The Hall–Kier alpha value is -1.18. The Kier molecular flexibility index (Phi) is 5.96. The van der Waals surface area contributed by atoms with Gasteiger partial charge in [-0.1, -0.05) is 22.0 Å². The summed E-state index contributed by atoms with van der Waals surface area (Å²) in [6.07, 6.45) is 0.789. The van der Waals surface area contributed by atoms with Crippen molar-refractivity contribution < 1.29 is 18.6 Å². The van der Waals surface area contributed by atoms with E-state index in [0.29, 0.717) is 5.75 Å². The van der Waals surface area contributed by atoms with Crippen LogP contribution in [-0.2, 0) is 0 Å². The van der Waals surface area contributed by atoms with Crippen LogP contribution in [0, 0.1) is 11.6 Å². The molecule has 0 unspecified atom stereocenters. The van der Waals surface area contributed by atoms with Crippen molar-refractivity contribution in [3.8, 4) is 5.75 Å². The molecule has 0 radical (unpaired) electrons. The largest absolute Gasteiger partial charge is 0.485 e. The summed E-state index contributed by atoms with van der Waals surface area (Å²) in [6.45, 7) is -0.199. The van der Waals surface area contributed by atoms with E-state index >= 15 is 0 Å². The first kappa shape index (κ1) is 16.2. The molecule has 0 spiro atoms. The van der Waals surface area contributed by atoms with Gasteiger partial charge in [0.1, 0.15) is 6.61 Å². The Labute approximate surface area is 133 Å². The maximum absolute atomic E-state index is 13.5. The van der Waals surface area contributed by atoms with E-state index in [9.17, 15) is 13.9 Å². The molecule has 1 aromatic carbocycles. The molecular formula is C14H12BrF2NO2S. The number of thioether (sulfide) groups is 1. The summed E-state index contributed by atoms with van der Waals surface area (Å²) in [5.41, 5.74) is 0. The number of benzene rings is 1. The molecule has 2 rings (SSSR count). The fourth-order valence-electron chi connectivity index (χ4n) is 1.51. The minimum atomic E-state index is -0.862. The molecule has 2 aromatic rings. The second kappa shape index (κ2) is 7.72. The minimum Gasteiger partial charge on any atom is -0.485 e. The zero-order valence-electron chi connectivity index (χ0n) is 10.8. The van der Waals surface area contributed by atoms with Gasteiger partial charge in [-0.05, 0) is 24.3 Å². The normalized spacial score (nSPS) is 12.2. The van der Waals surface area contributed by atoms with Gasteiger partial charge in [-0.25, -0.2) is 13.8 Å². The number of aromatic nitrogens is 1. The third kappa shape index (κ3) is 4.94. The first-order valence-corrected chi connectivity index (χ1v) is 7.83. The number of hydrogen-bond acceptors (Lipinski definition) is 4. The van der Waals surface area contributed by atoms with Gasteiger partial charge in [-0.3, -0.25) is 0 Å². The molecular weight excluding hydrogens is 364 g/mol. The zero-order valence-corrected chi connectivity index (χ0v) is 13.2. The summed E-state index contributed by atoms with van der Waals surface area (Å²) in [6, 6.07) is 7.65. The molecule has 1 N–H and O–H groups in total. The van der Waals surface area contributed by atoms with E-state index in [0.717, 1.165) is 17.2 Å². The maximum Gasteiger partial charge on any atom is 0.190 e. The number of aliphatic hydroxyl groups excluding tert-OH is 1. The van der Waals surface area contributed by atoms with Crippen LogP contribution in [0.1, 0.15) is 0 Å². The Morgan fingerprint density at radius 3 is 2.62 bits per heavy atom. The van der Waals surface area contributed by atoms with Gasteiger partial charge in [0.05, 0.1) is 11.1 Å². The highest BCUT2D eigenvalue weighted by molar-refractivity contribution is 9.10. The standard InChI is InChI=1S/C14H12BrF2NO2S/c15-9-5-11(16)14(12(17)6-9)20-7-10(19)8-21-13-3-1-2-4-18-13/h1-6,10,19H,7-8H2/t10-/m0/s1. The predicted molar refractivity (Wildman–Crippen MR) is 80.5 cm³/mol. The van der Waals surface area contributed by atoms with Crippen molar-refractivity contribution in [1.29, 1.82) is 0 Å². The number of hydrogen-bond donors (Lipinski definition) is 1. The molecule has 3 nitrogen and oxygen atoms in total. The molecule has 21 heavy (non-hydrogen) atoms. The lowest BCUT2D eigenvalue weighted by Gasteiger charge is -2.13. The zero-order chi connectivity index (χ0) is 15.2. The van der Waals surface area contributed by atoms with Gasteiger partial charge < -0.3 is 9.84 Å². The molecule has 7 heteroatoms. The van der Waals surface area contributed by atoms with Crippen LogP contribution in [-0.4, -0.2) is 28.6 Å². The van der Waals surface area contributed by atoms with E-state index in [4.69, 9.17) is 4.74 Å². The fraction of sp³-hybridized carbons (Fsp3) is 0.214. The van der Waals surface area contributed by atoms with Gasteiger partial charge in [0.15, 0.2) is 17.4 Å². The monoisotopic (exact) mass is 375 g/mol. The molecule has 0 bridgehead atoms. The summed E-state index contributed by atoms with van der Waals surface area (Å²) in [5.74, 6) is -1.80. The SMILES string of the molecule is O[C@@H](COc1c(F)cc(Br)cc1F)CSc1ccccn1. The second-order valence-electron chi connectivity index (χ2n) is 4.14. The summed E-state index contributed by atoms with van der Waals surface area (Å²) in [4.78, 5) is 4.09. The van der Waals surface area contributed by atoms with E-state index in [-0.39, 0.29) is 11.1 Å². The van der Waals surface area contributed by atoms with Gasteiger partial charge >= 0.3 is 0 Å². The average molecular weight is 376 g/mol. The number of ether oxygens (including phenoxy) is 1. The highest BCUT2D eigenvalue weighted by Gasteiger charge is 2.14. The molecule has 0 saturated carbocycles. The molecule has 0 aliphatic rings. The molecule has 112 valence electrons. The Balaban J connectivity index is 1.85. The average Bonchev–Trinajstić information content (AvgIpc) is 2.45. The van der Waals surface area contributed by atoms with Crippen molar-refractivity contribution in [3.05, 3.63) is 52.6 Å². The Bertz CT molecular complexity index is 578. The van der Waals surface area contributed by atoms with Crippen LogP contribution >= 0.6 is 27.7 Å². The Morgan fingerprint density at radius 2 is 2.00 bits per heavy atom. The van der Waals surface area contributed by atoms with E-state index in [1.165, 1.54) is 11.8 Å². The first-order chi connectivity index (χ1) is 10.1. The molecule has 0 aliphatic carbocycles. The number of aliphatic hydroxyl groups is 1. The van der Waals surface area contributed by atoms with E-state index in [2.05, 4.69) is 20.9 Å². The molecule has 1 heterocycles.